The molecule has 2 bridgehead atoms. The van der Waals surface area contributed by atoms with Crippen molar-refractivity contribution in [1.82, 2.24) is 5.12 Å². The Bertz CT molecular complexity index is 132. The predicted molar refractivity (Wildman–Crippen MR) is 37.6 cm³/mol. The maximum Gasteiger partial charge on any atom is 0.123 e. The molecular formula is C6H10FNOS. The average molecular weight is 163 g/mol. The van der Waals surface area contributed by atoms with Crippen LogP contribution in [0.25, 0.3) is 0 Å². The first-order valence-electron chi connectivity index (χ1n) is 3.56. The normalized spacial score (nSPS) is 48.0. The number of hydrogen-bond donors (Lipinski definition) is 0. The quantitative estimate of drug-likeness (QED) is 0.383. The van der Waals surface area contributed by atoms with Crippen LogP contribution in [0.3, 0.4) is 0 Å². The van der Waals surface area contributed by atoms with Crippen molar-refractivity contribution in [3.8, 4) is 0 Å². The van der Waals surface area contributed by atoms with Crippen molar-refractivity contribution in [3.63, 3.8) is 0 Å². The van der Waals surface area contributed by atoms with Crippen molar-refractivity contribution >= 4 is 11.2 Å². The third kappa shape index (κ3) is 0.946. The molecule has 0 aromatic rings. The SMILES string of the molecule is [O-][S+]1CC2CCC(C1)N2F. The second-order valence-corrected chi connectivity index (χ2v) is 4.55. The predicted octanol–water partition coefficient (Wildman–Crippen LogP) is 0.466. The Hall–Kier alpha value is 0.200. The average Bonchev–Trinajstić information content (AvgIpc) is 2.20. The van der Waals surface area contributed by atoms with E-state index in [4.69, 9.17) is 0 Å². The topological polar surface area (TPSA) is 26.3 Å². The van der Waals surface area contributed by atoms with Crippen molar-refractivity contribution in [3.05, 3.63) is 0 Å². The minimum absolute atomic E-state index is 0.0282. The molecular weight excluding hydrogens is 153 g/mol. The van der Waals surface area contributed by atoms with Gasteiger partial charge in [0.15, 0.2) is 0 Å². The van der Waals surface area contributed by atoms with Crippen molar-refractivity contribution in [2.45, 2.75) is 24.9 Å². The van der Waals surface area contributed by atoms with Gasteiger partial charge in [0, 0.05) is 0 Å². The van der Waals surface area contributed by atoms with Crippen LogP contribution >= 0.6 is 0 Å². The summed E-state index contributed by atoms with van der Waals surface area (Å²) >= 11 is -0.740. The zero-order valence-electron chi connectivity index (χ0n) is 5.62. The maximum atomic E-state index is 12.9. The van der Waals surface area contributed by atoms with Gasteiger partial charge < -0.3 is 4.55 Å². The first kappa shape index (κ1) is 6.88. The van der Waals surface area contributed by atoms with Gasteiger partial charge >= 0.3 is 0 Å². The summed E-state index contributed by atoms with van der Waals surface area (Å²) in [6, 6.07) is -0.0563. The largest absolute Gasteiger partial charge is 0.616 e. The summed E-state index contributed by atoms with van der Waals surface area (Å²) in [5, 5.41) is 0.904. The Kier molecular flexibility index (Phi) is 1.62. The second kappa shape index (κ2) is 2.36. The van der Waals surface area contributed by atoms with E-state index in [-0.39, 0.29) is 12.1 Å². The van der Waals surface area contributed by atoms with E-state index in [1.807, 2.05) is 0 Å². The minimum atomic E-state index is -0.740. The highest BCUT2D eigenvalue weighted by Crippen LogP contribution is 2.31. The summed E-state index contributed by atoms with van der Waals surface area (Å²) < 4.78 is 23.9. The monoisotopic (exact) mass is 163 g/mol. The van der Waals surface area contributed by atoms with Gasteiger partial charge in [0.2, 0.25) is 0 Å². The lowest BCUT2D eigenvalue weighted by Gasteiger charge is -2.27. The van der Waals surface area contributed by atoms with Crippen molar-refractivity contribution in [2.24, 2.45) is 0 Å². The number of nitrogens with zero attached hydrogens (tertiary/aromatic N) is 1. The van der Waals surface area contributed by atoms with Gasteiger partial charge in [0.1, 0.15) is 11.5 Å². The molecule has 0 aromatic carbocycles. The Morgan fingerprint density at radius 2 is 1.80 bits per heavy atom. The molecule has 0 N–H and O–H groups in total. The molecule has 2 saturated heterocycles. The van der Waals surface area contributed by atoms with Crippen molar-refractivity contribution in [2.75, 3.05) is 11.5 Å². The van der Waals surface area contributed by atoms with Gasteiger partial charge in [-0.3, -0.25) is 0 Å². The molecule has 2 rings (SSSR count). The van der Waals surface area contributed by atoms with E-state index < -0.39 is 11.2 Å². The zero-order chi connectivity index (χ0) is 7.14. The highest BCUT2D eigenvalue weighted by atomic mass is 32.2. The maximum absolute atomic E-state index is 12.9. The summed E-state index contributed by atoms with van der Waals surface area (Å²) in [5.74, 6) is 1.10. The highest BCUT2D eigenvalue weighted by molar-refractivity contribution is 7.91. The number of rotatable bonds is 0. The molecule has 2 unspecified atom stereocenters. The fraction of sp³-hybridized carbons (Fsp3) is 1.00. The minimum Gasteiger partial charge on any atom is -0.616 e. The summed E-state index contributed by atoms with van der Waals surface area (Å²) in [7, 11) is 0. The van der Waals surface area contributed by atoms with Crippen LogP contribution in [0.4, 0.5) is 4.48 Å². The molecule has 0 saturated carbocycles. The van der Waals surface area contributed by atoms with Crippen LogP contribution in [0.5, 0.6) is 0 Å². The van der Waals surface area contributed by atoms with Gasteiger partial charge in [-0.05, 0) is 12.8 Å². The van der Waals surface area contributed by atoms with Crippen LogP contribution in [0, 0.1) is 0 Å². The van der Waals surface area contributed by atoms with Crippen LogP contribution in [0.15, 0.2) is 0 Å². The fourth-order valence-electron chi connectivity index (χ4n) is 1.74. The summed E-state index contributed by atoms with van der Waals surface area (Å²) in [6.07, 6.45) is 1.79. The van der Waals surface area contributed by atoms with E-state index in [9.17, 15) is 9.03 Å². The van der Waals surface area contributed by atoms with Gasteiger partial charge in [-0.25, -0.2) is 0 Å². The molecule has 2 aliphatic rings. The number of halogens is 1. The third-order valence-corrected chi connectivity index (χ3v) is 3.80. The first-order valence-corrected chi connectivity index (χ1v) is 5.05. The highest BCUT2D eigenvalue weighted by Gasteiger charge is 2.43. The van der Waals surface area contributed by atoms with E-state index in [0.29, 0.717) is 11.5 Å². The standard InChI is InChI=1S/C6H10FNOS/c7-8-5-1-2-6(8)4-10(9)3-5/h5-6H,1-4H2. The van der Waals surface area contributed by atoms with Crippen molar-refractivity contribution < 1.29 is 9.03 Å². The Labute approximate surface area is 62.5 Å². The van der Waals surface area contributed by atoms with Gasteiger partial charge in [0.05, 0.1) is 12.1 Å². The Morgan fingerprint density at radius 1 is 1.30 bits per heavy atom. The smallest absolute Gasteiger partial charge is 0.123 e. The van der Waals surface area contributed by atoms with Crippen LogP contribution < -0.4 is 0 Å². The molecule has 58 valence electrons. The number of fused-ring (bicyclic) bond motifs is 2. The Morgan fingerprint density at radius 3 is 2.30 bits per heavy atom. The zero-order valence-corrected chi connectivity index (χ0v) is 6.44. The molecule has 4 heteroatoms. The van der Waals surface area contributed by atoms with Gasteiger partial charge in [-0.2, -0.15) is 0 Å². The van der Waals surface area contributed by atoms with Gasteiger partial charge in [-0.15, -0.1) is 9.60 Å². The van der Waals surface area contributed by atoms with Gasteiger partial charge in [-0.1, -0.05) is 11.2 Å². The first-order chi connectivity index (χ1) is 4.77. The van der Waals surface area contributed by atoms with Crippen LogP contribution in [0.2, 0.25) is 0 Å². The van der Waals surface area contributed by atoms with E-state index in [1.54, 1.807) is 0 Å². The number of hydrogen-bond acceptors (Lipinski definition) is 2. The molecule has 2 fully saturated rings. The molecule has 2 aliphatic heterocycles. The van der Waals surface area contributed by atoms with Crippen LogP contribution in [-0.4, -0.2) is 33.3 Å². The van der Waals surface area contributed by atoms with E-state index in [1.165, 1.54) is 0 Å². The lowest BCUT2D eigenvalue weighted by atomic mass is 10.2. The van der Waals surface area contributed by atoms with Crippen molar-refractivity contribution in [1.29, 1.82) is 0 Å². The third-order valence-electron chi connectivity index (χ3n) is 2.29. The molecule has 10 heavy (non-hydrogen) atoms. The van der Waals surface area contributed by atoms with E-state index in [0.717, 1.165) is 18.0 Å². The van der Waals surface area contributed by atoms with E-state index in [2.05, 4.69) is 0 Å². The van der Waals surface area contributed by atoms with E-state index >= 15 is 0 Å². The summed E-state index contributed by atoms with van der Waals surface area (Å²) in [5.41, 5.74) is 0. The summed E-state index contributed by atoms with van der Waals surface area (Å²) in [6.45, 7) is 0. The molecule has 0 spiro atoms. The lowest BCUT2D eigenvalue weighted by molar-refractivity contribution is -0.0188. The molecule has 2 nitrogen and oxygen atoms in total. The molecule has 0 aromatic heterocycles. The molecule has 0 amide bonds. The fourth-order valence-corrected chi connectivity index (χ4v) is 3.35. The van der Waals surface area contributed by atoms with Crippen LogP contribution in [0.1, 0.15) is 12.8 Å². The molecule has 0 aliphatic carbocycles. The van der Waals surface area contributed by atoms with Gasteiger partial charge in [0.25, 0.3) is 0 Å². The Balaban J connectivity index is 2.09. The lowest BCUT2D eigenvalue weighted by Crippen LogP contribution is -2.44. The molecule has 2 heterocycles. The molecule has 0 radical (unpaired) electrons. The second-order valence-electron chi connectivity index (χ2n) is 3.00. The molecule has 2 atom stereocenters. The summed E-state index contributed by atoms with van der Waals surface area (Å²) in [4.78, 5) is 0. The van der Waals surface area contributed by atoms with Crippen LogP contribution in [-0.2, 0) is 11.2 Å².